The van der Waals surface area contributed by atoms with E-state index in [1.807, 2.05) is 11.4 Å². The summed E-state index contributed by atoms with van der Waals surface area (Å²) in [5.41, 5.74) is 1.45. The Morgan fingerprint density at radius 2 is 1.96 bits per heavy atom. The monoisotopic (exact) mass is 327 g/mol. The van der Waals surface area contributed by atoms with Crippen molar-refractivity contribution in [3.05, 3.63) is 53.0 Å². The Labute approximate surface area is 136 Å². The van der Waals surface area contributed by atoms with Gasteiger partial charge in [0, 0.05) is 18.5 Å². The zero-order chi connectivity index (χ0) is 16.1. The predicted molar refractivity (Wildman–Crippen MR) is 85.7 cm³/mol. The zero-order valence-electron chi connectivity index (χ0n) is 12.0. The van der Waals surface area contributed by atoms with Crippen molar-refractivity contribution in [2.75, 3.05) is 5.32 Å². The smallest absolute Gasteiger partial charge is 0.224 e. The summed E-state index contributed by atoms with van der Waals surface area (Å²) >= 11 is 1.39. The van der Waals surface area contributed by atoms with E-state index in [9.17, 15) is 9.59 Å². The van der Waals surface area contributed by atoms with E-state index in [1.54, 1.807) is 30.3 Å². The van der Waals surface area contributed by atoms with Crippen LogP contribution in [0.5, 0.6) is 0 Å². The van der Waals surface area contributed by atoms with Crippen molar-refractivity contribution in [1.82, 2.24) is 20.2 Å². The van der Waals surface area contributed by atoms with E-state index in [2.05, 4.69) is 20.8 Å². The lowest BCUT2D eigenvalue weighted by Crippen LogP contribution is -2.13. The third-order valence-electron chi connectivity index (χ3n) is 3.14. The fourth-order valence-electron chi connectivity index (χ4n) is 1.99. The van der Waals surface area contributed by atoms with Crippen LogP contribution in [0.25, 0.3) is 5.69 Å². The van der Waals surface area contributed by atoms with Crippen molar-refractivity contribution in [1.29, 1.82) is 0 Å². The molecule has 0 aliphatic rings. The molecule has 0 radical (unpaired) electrons. The lowest BCUT2D eigenvalue weighted by atomic mass is 10.2. The number of anilines is 1. The Kier molecular flexibility index (Phi) is 4.53. The second kappa shape index (κ2) is 6.93. The Hall–Kier alpha value is -2.87. The van der Waals surface area contributed by atoms with E-state index < -0.39 is 0 Å². The van der Waals surface area contributed by atoms with Crippen molar-refractivity contribution in [2.45, 2.75) is 12.8 Å². The molecular weight excluding hydrogens is 314 g/mol. The van der Waals surface area contributed by atoms with Crippen LogP contribution >= 0.6 is 11.3 Å². The van der Waals surface area contributed by atoms with Gasteiger partial charge in [0.2, 0.25) is 5.91 Å². The van der Waals surface area contributed by atoms with Crippen LogP contribution in [0.3, 0.4) is 0 Å². The van der Waals surface area contributed by atoms with E-state index >= 15 is 0 Å². The summed E-state index contributed by atoms with van der Waals surface area (Å²) in [5.74, 6) is -0.200. The summed E-state index contributed by atoms with van der Waals surface area (Å²) in [4.78, 5) is 24.4. The van der Waals surface area contributed by atoms with Crippen LogP contribution in [0, 0.1) is 0 Å². The Balaban J connectivity index is 1.53. The molecular formula is C15H13N5O2S. The zero-order valence-corrected chi connectivity index (χ0v) is 12.9. The first kappa shape index (κ1) is 15.0. The van der Waals surface area contributed by atoms with Gasteiger partial charge in [0.05, 0.1) is 10.6 Å². The summed E-state index contributed by atoms with van der Waals surface area (Å²) < 4.78 is 1.52. The quantitative estimate of drug-likeness (QED) is 0.702. The standard InChI is InChI=1S/C15H13N5O2S/c21-13(14-2-1-9-23-14)7-8-15(22)17-11-3-5-12(6-4-11)20-10-16-18-19-20/h1-6,9-10H,7-8H2,(H,17,22). The predicted octanol–water partition coefficient (Wildman–Crippen LogP) is 2.33. The number of Topliss-reactive ketones (excluding diaryl/α,β-unsaturated/α-hetero) is 1. The Morgan fingerprint density at radius 3 is 2.61 bits per heavy atom. The minimum absolute atomic E-state index is 0.0100. The summed E-state index contributed by atoms with van der Waals surface area (Å²) in [6, 6.07) is 10.7. The van der Waals surface area contributed by atoms with Gasteiger partial charge in [-0.3, -0.25) is 9.59 Å². The highest BCUT2D eigenvalue weighted by atomic mass is 32.1. The number of hydrogen-bond acceptors (Lipinski definition) is 6. The van der Waals surface area contributed by atoms with Gasteiger partial charge in [-0.25, -0.2) is 4.68 Å². The van der Waals surface area contributed by atoms with Crippen molar-refractivity contribution in [2.24, 2.45) is 0 Å². The number of ketones is 1. The minimum Gasteiger partial charge on any atom is -0.326 e. The molecule has 7 nitrogen and oxygen atoms in total. The van der Waals surface area contributed by atoms with Crippen LogP contribution in [-0.4, -0.2) is 31.9 Å². The first-order valence-corrected chi connectivity index (χ1v) is 7.80. The van der Waals surface area contributed by atoms with Gasteiger partial charge in [0.1, 0.15) is 6.33 Å². The number of thiophene rings is 1. The van der Waals surface area contributed by atoms with Crippen LogP contribution in [0.1, 0.15) is 22.5 Å². The molecule has 0 spiro atoms. The first-order valence-electron chi connectivity index (χ1n) is 6.92. The Bertz CT molecular complexity index is 782. The van der Waals surface area contributed by atoms with E-state index in [0.717, 1.165) is 5.69 Å². The molecule has 0 saturated carbocycles. The lowest BCUT2D eigenvalue weighted by Gasteiger charge is -2.06. The molecule has 0 atom stereocenters. The molecule has 0 fully saturated rings. The highest BCUT2D eigenvalue weighted by Crippen LogP contribution is 2.14. The maximum Gasteiger partial charge on any atom is 0.224 e. The van der Waals surface area contributed by atoms with Crippen LogP contribution in [0.15, 0.2) is 48.1 Å². The highest BCUT2D eigenvalue weighted by Gasteiger charge is 2.10. The van der Waals surface area contributed by atoms with Crippen molar-refractivity contribution in [3.8, 4) is 5.69 Å². The molecule has 3 aromatic rings. The van der Waals surface area contributed by atoms with Gasteiger partial charge in [-0.15, -0.1) is 16.4 Å². The largest absolute Gasteiger partial charge is 0.326 e. The molecule has 0 aliphatic carbocycles. The third-order valence-corrected chi connectivity index (χ3v) is 4.05. The number of aromatic nitrogens is 4. The highest BCUT2D eigenvalue weighted by molar-refractivity contribution is 7.12. The SMILES string of the molecule is O=C(CCC(=O)c1cccs1)Nc1ccc(-n2cnnn2)cc1. The van der Waals surface area contributed by atoms with Gasteiger partial charge >= 0.3 is 0 Å². The number of rotatable bonds is 6. The molecule has 1 amide bonds. The van der Waals surface area contributed by atoms with Gasteiger partial charge in [-0.2, -0.15) is 0 Å². The number of nitrogens with one attached hydrogen (secondary N) is 1. The second-order valence-corrected chi connectivity index (χ2v) is 5.70. The summed E-state index contributed by atoms with van der Waals surface area (Å²) in [6.07, 6.45) is 1.85. The number of carbonyl (C=O) groups excluding carboxylic acids is 2. The fourth-order valence-corrected chi connectivity index (χ4v) is 2.68. The maximum absolute atomic E-state index is 11.9. The van der Waals surface area contributed by atoms with E-state index in [0.29, 0.717) is 10.6 Å². The second-order valence-electron chi connectivity index (χ2n) is 4.75. The average molecular weight is 327 g/mol. The van der Waals surface area contributed by atoms with E-state index in [-0.39, 0.29) is 24.5 Å². The number of amides is 1. The third kappa shape index (κ3) is 3.86. The maximum atomic E-state index is 11.9. The molecule has 0 unspecified atom stereocenters. The van der Waals surface area contributed by atoms with Crippen molar-refractivity contribution in [3.63, 3.8) is 0 Å². The molecule has 1 N–H and O–H groups in total. The minimum atomic E-state index is -0.190. The number of tetrazole rings is 1. The van der Waals surface area contributed by atoms with Gasteiger partial charge in [-0.1, -0.05) is 6.07 Å². The van der Waals surface area contributed by atoms with Crippen molar-refractivity contribution >= 4 is 28.7 Å². The van der Waals surface area contributed by atoms with Gasteiger partial charge in [-0.05, 0) is 46.1 Å². The lowest BCUT2D eigenvalue weighted by molar-refractivity contribution is -0.116. The van der Waals surface area contributed by atoms with E-state index in [4.69, 9.17) is 0 Å². The molecule has 1 aromatic carbocycles. The molecule has 0 aliphatic heterocycles. The van der Waals surface area contributed by atoms with Crippen LogP contribution in [0.4, 0.5) is 5.69 Å². The summed E-state index contributed by atoms with van der Waals surface area (Å²) in [6.45, 7) is 0. The van der Waals surface area contributed by atoms with Gasteiger partial charge in [0.15, 0.2) is 5.78 Å². The molecule has 2 aromatic heterocycles. The molecule has 3 rings (SSSR count). The van der Waals surface area contributed by atoms with Gasteiger partial charge < -0.3 is 5.32 Å². The fraction of sp³-hybridized carbons (Fsp3) is 0.133. The van der Waals surface area contributed by atoms with Crippen molar-refractivity contribution < 1.29 is 9.59 Å². The number of nitrogens with zero attached hydrogens (tertiary/aromatic N) is 4. The van der Waals surface area contributed by atoms with Gasteiger partial charge in [0.25, 0.3) is 0 Å². The number of carbonyl (C=O) groups is 2. The van der Waals surface area contributed by atoms with Crippen LogP contribution in [0.2, 0.25) is 0 Å². The summed E-state index contributed by atoms with van der Waals surface area (Å²) in [5, 5.41) is 15.5. The number of hydrogen-bond donors (Lipinski definition) is 1. The Morgan fingerprint density at radius 1 is 1.13 bits per heavy atom. The van der Waals surface area contributed by atoms with Crippen LogP contribution < -0.4 is 5.32 Å². The topological polar surface area (TPSA) is 89.8 Å². The average Bonchev–Trinajstić information content (AvgIpc) is 3.26. The molecule has 8 heteroatoms. The summed E-state index contributed by atoms with van der Waals surface area (Å²) in [7, 11) is 0. The normalized spacial score (nSPS) is 10.4. The molecule has 0 bridgehead atoms. The molecule has 0 saturated heterocycles. The number of benzene rings is 1. The molecule has 23 heavy (non-hydrogen) atoms. The molecule has 2 heterocycles. The van der Waals surface area contributed by atoms with Crippen LogP contribution in [-0.2, 0) is 4.79 Å². The first-order chi connectivity index (χ1) is 11.2. The van der Waals surface area contributed by atoms with E-state index in [1.165, 1.54) is 22.3 Å². The molecule has 116 valence electrons.